The fourth-order valence-corrected chi connectivity index (χ4v) is 2.81. The van der Waals surface area contributed by atoms with Crippen molar-refractivity contribution in [1.29, 1.82) is 0 Å². The Morgan fingerprint density at radius 2 is 1.85 bits per heavy atom. The standard InChI is InChI=1S/C16H21N3O/c20-16-10-5-3-1-2-4-7-12-8-6-9-13(17-12)14-11-15(16)19-18-14/h6,8-9,16,20H,1-5,7,10-11H2. The van der Waals surface area contributed by atoms with E-state index in [1.54, 1.807) is 0 Å². The minimum absolute atomic E-state index is 0.442. The summed E-state index contributed by atoms with van der Waals surface area (Å²) in [4.78, 5) is 4.68. The van der Waals surface area contributed by atoms with Crippen LogP contribution in [0.25, 0.3) is 0 Å². The number of aliphatic hydroxyl groups is 1. The molecule has 0 radical (unpaired) electrons. The SMILES string of the molecule is OC1CCCCCCCc2cccc(n2)C2=NN=C1C2. The Morgan fingerprint density at radius 1 is 1.00 bits per heavy atom. The molecule has 0 amide bonds. The molecule has 1 unspecified atom stereocenters. The third-order valence-corrected chi connectivity index (χ3v) is 4.05. The van der Waals surface area contributed by atoms with Crippen LogP contribution in [0, 0.1) is 0 Å². The molecule has 4 nitrogen and oxygen atoms in total. The van der Waals surface area contributed by atoms with Crippen molar-refractivity contribution in [3.63, 3.8) is 0 Å². The number of rotatable bonds is 0. The molecular weight excluding hydrogens is 250 g/mol. The summed E-state index contributed by atoms with van der Waals surface area (Å²) in [5, 5.41) is 18.5. The smallest absolute Gasteiger partial charge is 0.0944 e. The number of hydrogen-bond acceptors (Lipinski definition) is 4. The highest BCUT2D eigenvalue weighted by molar-refractivity contribution is 6.15. The van der Waals surface area contributed by atoms with Crippen molar-refractivity contribution >= 4 is 11.4 Å². The Hall–Kier alpha value is -1.55. The predicted molar refractivity (Wildman–Crippen MR) is 80.2 cm³/mol. The zero-order valence-electron chi connectivity index (χ0n) is 11.8. The van der Waals surface area contributed by atoms with Crippen molar-refractivity contribution in [3.05, 3.63) is 29.6 Å². The third-order valence-electron chi connectivity index (χ3n) is 4.05. The molecule has 2 aliphatic heterocycles. The summed E-state index contributed by atoms with van der Waals surface area (Å²) in [7, 11) is 0. The van der Waals surface area contributed by atoms with E-state index in [-0.39, 0.29) is 0 Å². The van der Waals surface area contributed by atoms with E-state index in [2.05, 4.69) is 21.3 Å². The molecule has 1 aromatic heterocycles. The van der Waals surface area contributed by atoms with Gasteiger partial charge in [-0.05, 0) is 31.4 Å². The maximum Gasteiger partial charge on any atom is 0.0944 e. The van der Waals surface area contributed by atoms with Crippen molar-refractivity contribution in [2.75, 3.05) is 0 Å². The van der Waals surface area contributed by atoms with Gasteiger partial charge in [-0.25, -0.2) is 0 Å². The maximum absolute atomic E-state index is 10.2. The highest BCUT2D eigenvalue weighted by atomic mass is 16.3. The van der Waals surface area contributed by atoms with E-state index in [1.165, 1.54) is 25.7 Å². The average molecular weight is 271 g/mol. The first-order valence-electron chi connectivity index (χ1n) is 7.60. The lowest BCUT2D eigenvalue weighted by molar-refractivity contribution is 0.224. The highest BCUT2D eigenvalue weighted by Gasteiger charge is 2.21. The van der Waals surface area contributed by atoms with Gasteiger partial charge in [0, 0.05) is 12.1 Å². The summed E-state index contributed by atoms with van der Waals surface area (Å²) in [6.07, 6.45) is 7.95. The lowest BCUT2D eigenvalue weighted by Gasteiger charge is -2.11. The largest absolute Gasteiger partial charge is 0.387 e. The van der Waals surface area contributed by atoms with E-state index in [1.807, 2.05) is 12.1 Å². The molecule has 0 aromatic carbocycles. The molecule has 3 rings (SSSR count). The maximum atomic E-state index is 10.2. The van der Waals surface area contributed by atoms with Crippen LogP contribution in [-0.4, -0.2) is 27.6 Å². The quantitative estimate of drug-likeness (QED) is 0.788. The summed E-state index contributed by atoms with van der Waals surface area (Å²) < 4.78 is 0. The van der Waals surface area contributed by atoms with Crippen LogP contribution in [0.3, 0.4) is 0 Å². The van der Waals surface area contributed by atoms with Crippen molar-refractivity contribution in [3.8, 4) is 0 Å². The van der Waals surface area contributed by atoms with Gasteiger partial charge in [0.2, 0.25) is 0 Å². The topological polar surface area (TPSA) is 57.8 Å². The van der Waals surface area contributed by atoms with Crippen LogP contribution in [0.15, 0.2) is 28.4 Å². The molecule has 0 saturated carbocycles. The second kappa shape index (κ2) is 6.27. The first-order chi connectivity index (χ1) is 9.83. The first-order valence-corrected chi connectivity index (χ1v) is 7.60. The molecule has 2 aliphatic rings. The van der Waals surface area contributed by atoms with Crippen LogP contribution in [0.2, 0.25) is 0 Å². The van der Waals surface area contributed by atoms with Crippen LogP contribution in [0.4, 0.5) is 0 Å². The molecule has 0 spiro atoms. The van der Waals surface area contributed by atoms with E-state index in [9.17, 15) is 5.11 Å². The van der Waals surface area contributed by atoms with Gasteiger partial charge < -0.3 is 5.11 Å². The number of fused-ring (bicyclic) bond motifs is 5. The fraction of sp³-hybridized carbons (Fsp3) is 0.562. The van der Waals surface area contributed by atoms with E-state index in [0.29, 0.717) is 6.42 Å². The van der Waals surface area contributed by atoms with Crippen molar-refractivity contribution in [1.82, 2.24) is 4.98 Å². The molecule has 0 aliphatic carbocycles. The third kappa shape index (κ3) is 3.12. The molecule has 20 heavy (non-hydrogen) atoms. The van der Waals surface area contributed by atoms with Crippen molar-refractivity contribution in [2.24, 2.45) is 10.2 Å². The van der Waals surface area contributed by atoms with Gasteiger partial charge in [-0.1, -0.05) is 31.7 Å². The van der Waals surface area contributed by atoms with Crippen LogP contribution in [0.5, 0.6) is 0 Å². The van der Waals surface area contributed by atoms with Gasteiger partial charge in [-0.2, -0.15) is 10.2 Å². The number of aryl methyl sites for hydroxylation is 1. The monoisotopic (exact) mass is 271 g/mol. The Morgan fingerprint density at radius 3 is 2.80 bits per heavy atom. The number of aromatic nitrogens is 1. The van der Waals surface area contributed by atoms with E-state index in [4.69, 9.17) is 0 Å². The molecule has 3 heterocycles. The average Bonchev–Trinajstić information content (AvgIpc) is 2.95. The molecular formula is C16H21N3O. The minimum Gasteiger partial charge on any atom is -0.387 e. The van der Waals surface area contributed by atoms with Gasteiger partial charge in [0.15, 0.2) is 0 Å². The Kier molecular flexibility index (Phi) is 4.21. The van der Waals surface area contributed by atoms with E-state index < -0.39 is 6.10 Å². The fourth-order valence-electron chi connectivity index (χ4n) is 2.81. The van der Waals surface area contributed by atoms with Gasteiger partial charge >= 0.3 is 0 Å². The number of nitrogens with zero attached hydrogens (tertiary/aromatic N) is 3. The molecule has 0 saturated heterocycles. The summed E-state index contributed by atoms with van der Waals surface area (Å²) in [6, 6.07) is 6.11. The Labute approximate surface area is 119 Å². The molecule has 4 bridgehead atoms. The molecule has 4 heteroatoms. The number of pyridine rings is 1. The Balaban J connectivity index is 1.80. The molecule has 1 atom stereocenters. The number of hydrogen-bond donors (Lipinski definition) is 1. The Bertz CT molecular complexity index is 536. The van der Waals surface area contributed by atoms with Crippen molar-refractivity contribution in [2.45, 2.75) is 57.5 Å². The lowest BCUT2D eigenvalue weighted by atomic mass is 9.99. The zero-order chi connectivity index (χ0) is 13.8. The summed E-state index contributed by atoms with van der Waals surface area (Å²) >= 11 is 0. The second-order valence-corrected chi connectivity index (χ2v) is 5.65. The summed E-state index contributed by atoms with van der Waals surface area (Å²) in [5.74, 6) is 0. The van der Waals surface area contributed by atoms with E-state index >= 15 is 0 Å². The van der Waals surface area contributed by atoms with Gasteiger partial charge in [-0.15, -0.1) is 0 Å². The molecule has 1 N–H and O–H groups in total. The van der Waals surface area contributed by atoms with Crippen LogP contribution in [0.1, 0.15) is 56.3 Å². The van der Waals surface area contributed by atoms with Gasteiger partial charge in [0.1, 0.15) is 0 Å². The molecule has 106 valence electrons. The van der Waals surface area contributed by atoms with Gasteiger partial charge in [0.25, 0.3) is 0 Å². The second-order valence-electron chi connectivity index (χ2n) is 5.65. The summed E-state index contributed by atoms with van der Waals surface area (Å²) in [6.45, 7) is 0. The normalized spacial score (nSPS) is 23.8. The van der Waals surface area contributed by atoms with E-state index in [0.717, 1.165) is 42.1 Å². The van der Waals surface area contributed by atoms with Crippen LogP contribution < -0.4 is 0 Å². The minimum atomic E-state index is -0.442. The molecule has 1 aromatic rings. The first kappa shape index (κ1) is 13.4. The number of aliphatic hydroxyl groups excluding tert-OH is 1. The predicted octanol–water partition coefficient (Wildman–Crippen LogP) is 2.89. The van der Waals surface area contributed by atoms with Crippen LogP contribution in [-0.2, 0) is 6.42 Å². The van der Waals surface area contributed by atoms with Gasteiger partial charge in [-0.3, -0.25) is 4.98 Å². The summed E-state index contributed by atoms with van der Waals surface area (Å²) in [5.41, 5.74) is 3.73. The zero-order valence-corrected chi connectivity index (χ0v) is 11.8. The van der Waals surface area contributed by atoms with Crippen molar-refractivity contribution < 1.29 is 5.11 Å². The molecule has 0 fully saturated rings. The lowest BCUT2D eigenvalue weighted by Crippen LogP contribution is -2.21. The highest BCUT2D eigenvalue weighted by Crippen LogP contribution is 2.18. The van der Waals surface area contributed by atoms with Crippen LogP contribution >= 0.6 is 0 Å². The van der Waals surface area contributed by atoms with Gasteiger partial charge in [0.05, 0.1) is 23.2 Å².